The molecule has 0 aliphatic heterocycles. The van der Waals surface area contributed by atoms with E-state index in [-0.39, 0.29) is 25.2 Å². The van der Waals surface area contributed by atoms with Crippen molar-refractivity contribution in [2.24, 2.45) is 0 Å². The van der Waals surface area contributed by atoms with Crippen LogP contribution in [0.2, 0.25) is 5.02 Å². The van der Waals surface area contributed by atoms with Gasteiger partial charge in [-0.25, -0.2) is 0 Å². The Labute approximate surface area is 128 Å². The van der Waals surface area contributed by atoms with E-state index >= 15 is 0 Å². The molecule has 0 fully saturated rings. The van der Waals surface area contributed by atoms with Gasteiger partial charge in [-0.1, -0.05) is 37.6 Å². The monoisotopic (exact) mass is 323 g/mol. The molecular weight excluding hydrogens is 303 g/mol. The Morgan fingerprint density at radius 3 is 2.57 bits per heavy atom. The van der Waals surface area contributed by atoms with Gasteiger partial charge in [0.25, 0.3) is 0 Å². The number of alkyl halides is 3. The van der Waals surface area contributed by atoms with Crippen LogP contribution in [0.3, 0.4) is 0 Å². The standard InChI is InChI=1S/C15H21ClF3NO/c1-11(2)20-10-14(12-5-3-6-13(16)9-12)21-8-4-7-15(17,18)19/h3,5-6,9,11,14,20H,4,7-8,10H2,1-2H3. The number of hydrogen-bond donors (Lipinski definition) is 1. The molecule has 0 aliphatic rings. The number of ether oxygens (including phenoxy) is 1. The molecule has 6 heteroatoms. The van der Waals surface area contributed by atoms with Gasteiger partial charge in [-0.2, -0.15) is 13.2 Å². The van der Waals surface area contributed by atoms with Crippen molar-refractivity contribution in [1.82, 2.24) is 5.32 Å². The lowest BCUT2D eigenvalue weighted by molar-refractivity contribution is -0.138. The molecule has 0 saturated heterocycles. The van der Waals surface area contributed by atoms with Crippen LogP contribution >= 0.6 is 11.6 Å². The largest absolute Gasteiger partial charge is 0.389 e. The molecule has 21 heavy (non-hydrogen) atoms. The van der Waals surface area contributed by atoms with Crippen LogP contribution in [0.25, 0.3) is 0 Å². The second-order valence-corrected chi connectivity index (χ2v) is 5.63. The molecule has 2 nitrogen and oxygen atoms in total. The summed E-state index contributed by atoms with van der Waals surface area (Å²) in [6, 6.07) is 7.46. The van der Waals surface area contributed by atoms with E-state index in [1.165, 1.54) is 0 Å². The summed E-state index contributed by atoms with van der Waals surface area (Å²) in [5.74, 6) is 0. The number of halogens is 4. The Kier molecular flexibility index (Phi) is 7.49. The van der Waals surface area contributed by atoms with Crippen LogP contribution in [0.5, 0.6) is 0 Å². The summed E-state index contributed by atoms with van der Waals surface area (Å²) in [6.45, 7) is 4.60. The highest BCUT2D eigenvalue weighted by Gasteiger charge is 2.26. The minimum Gasteiger partial charge on any atom is -0.372 e. The molecule has 0 heterocycles. The third kappa shape index (κ3) is 8.29. The van der Waals surface area contributed by atoms with Crippen LogP contribution < -0.4 is 5.32 Å². The minimum absolute atomic E-state index is 0.0394. The zero-order chi connectivity index (χ0) is 15.9. The van der Waals surface area contributed by atoms with Gasteiger partial charge in [-0.15, -0.1) is 0 Å². The molecule has 0 spiro atoms. The van der Waals surface area contributed by atoms with Gasteiger partial charge in [-0.05, 0) is 24.1 Å². The van der Waals surface area contributed by atoms with Crippen LogP contribution in [-0.2, 0) is 4.74 Å². The minimum atomic E-state index is -4.13. The van der Waals surface area contributed by atoms with E-state index in [0.717, 1.165) is 5.56 Å². The van der Waals surface area contributed by atoms with Gasteiger partial charge in [0.2, 0.25) is 0 Å². The molecule has 1 N–H and O–H groups in total. The first kappa shape index (κ1) is 18.3. The van der Waals surface area contributed by atoms with Crippen molar-refractivity contribution in [3.8, 4) is 0 Å². The van der Waals surface area contributed by atoms with Crippen molar-refractivity contribution in [3.05, 3.63) is 34.9 Å². The first-order chi connectivity index (χ1) is 9.78. The fourth-order valence-electron chi connectivity index (χ4n) is 1.82. The van der Waals surface area contributed by atoms with E-state index < -0.39 is 12.6 Å². The van der Waals surface area contributed by atoms with Crippen LogP contribution in [-0.4, -0.2) is 25.4 Å². The molecule has 0 amide bonds. The van der Waals surface area contributed by atoms with Gasteiger partial charge >= 0.3 is 6.18 Å². The maximum Gasteiger partial charge on any atom is 0.389 e. The Balaban J connectivity index is 2.56. The molecule has 0 saturated carbocycles. The first-order valence-corrected chi connectivity index (χ1v) is 7.33. The van der Waals surface area contributed by atoms with E-state index in [9.17, 15) is 13.2 Å². The third-order valence-corrected chi connectivity index (χ3v) is 3.09. The van der Waals surface area contributed by atoms with E-state index in [1.807, 2.05) is 19.9 Å². The second-order valence-electron chi connectivity index (χ2n) is 5.20. The van der Waals surface area contributed by atoms with Crippen molar-refractivity contribution in [1.29, 1.82) is 0 Å². The lowest BCUT2D eigenvalue weighted by Gasteiger charge is -2.21. The SMILES string of the molecule is CC(C)NCC(OCCCC(F)(F)F)c1cccc(Cl)c1. The molecular formula is C15H21ClF3NO. The number of hydrogen-bond acceptors (Lipinski definition) is 2. The summed E-state index contributed by atoms with van der Waals surface area (Å²) in [4.78, 5) is 0. The summed E-state index contributed by atoms with van der Waals surface area (Å²) < 4.78 is 42.0. The number of benzene rings is 1. The summed E-state index contributed by atoms with van der Waals surface area (Å²) >= 11 is 5.95. The van der Waals surface area contributed by atoms with Gasteiger partial charge in [0, 0.05) is 30.6 Å². The molecule has 0 aliphatic carbocycles. The molecule has 0 bridgehead atoms. The van der Waals surface area contributed by atoms with Crippen LogP contribution in [0.15, 0.2) is 24.3 Å². The lowest BCUT2D eigenvalue weighted by atomic mass is 10.1. The summed E-state index contributed by atoms with van der Waals surface area (Å²) in [5.41, 5.74) is 0.864. The van der Waals surface area contributed by atoms with E-state index in [2.05, 4.69) is 5.32 Å². The maximum atomic E-state index is 12.1. The van der Waals surface area contributed by atoms with E-state index in [1.54, 1.807) is 18.2 Å². The van der Waals surface area contributed by atoms with Gasteiger partial charge in [0.1, 0.15) is 0 Å². The van der Waals surface area contributed by atoms with Crippen LogP contribution in [0.4, 0.5) is 13.2 Å². The van der Waals surface area contributed by atoms with E-state index in [4.69, 9.17) is 16.3 Å². The second kappa shape index (κ2) is 8.61. The lowest BCUT2D eigenvalue weighted by Crippen LogP contribution is -2.29. The normalized spacial score (nSPS) is 13.7. The van der Waals surface area contributed by atoms with E-state index in [0.29, 0.717) is 11.6 Å². The van der Waals surface area contributed by atoms with Gasteiger partial charge in [0.05, 0.1) is 6.10 Å². The molecule has 0 aromatic heterocycles. The molecule has 1 aromatic rings. The Hall–Kier alpha value is -0.780. The topological polar surface area (TPSA) is 21.3 Å². The van der Waals surface area contributed by atoms with Gasteiger partial charge < -0.3 is 10.1 Å². The quantitative estimate of drug-likeness (QED) is 0.698. The Morgan fingerprint density at radius 1 is 1.29 bits per heavy atom. The molecule has 1 rings (SSSR count). The molecule has 1 unspecified atom stereocenters. The van der Waals surface area contributed by atoms with Crippen molar-refractivity contribution in [3.63, 3.8) is 0 Å². The zero-order valence-electron chi connectivity index (χ0n) is 12.2. The third-order valence-electron chi connectivity index (χ3n) is 2.86. The summed E-state index contributed by atoms with van der Waals surface area (Å²) in [6.07, 6.45) is -5.31. The predicted molar refractivity (Wildman–Crippen MR) is 78.6 cm³/mol. The fourth-order valence-corrected chi connectivity index (χ4v) is 2.02. The molecule has 0 radical (unpaired) electrons. The summed E-state index contributed by atoms with van der Waals surface area (Å²) in [5, 5.41) is 3.81. The maximum absolute atomic E-state index is 12.1. The van der Waals surface area contributed by atoms with Crippen molar-refractivity contribution >= 4 is 11.6 Å². The van der Waals surface area contributed by atoms with Crippen molar-refractivity contribution < 1.29 is 17.9 Å². The number of nitrogens with one attached hydrogen (secondary N) is 1. The molecule has 120 valence electrons. The Morgan fingerprint density at radius 2 is 2.00 bits per heavy atom. The highest BCUT2D eigenvalue weighted by molar-refractivity contribution is 6.30. The average molecular weight is 324 g/mol. The highest BCUT2D eigenvalue weighted by atomic mass is 35.5. The summed E-state index contributed by atoms with van der Waals surface area (Å²) in [7, 11) is 0. The van der Waals surface area contributed by atoms with Gasteiger partial charge in [0.15, 0.2) is 0 Å². The Bertz CT molecular complexity index is 424. The predicted octanol–water partition coefficient (Wildman–Crippen LogP) is 4.74. The highest BCUT2D eigenvalue weighted by Crippen LogP contribution is 2.24. The fraction of sp³-hybridized carbons (Fsp3) is 0.600. The zero-order valence-corrected chi connectivity index (χ0v) is 13.0. The average Bonchev–Trinajstić information content (AvgIpc) is 2.36. The molecule has 1 aromatic carbocycles. The molecule has 1 atom stereocenters. The van der Waals surface area contributed by atoms with Crippen LogP contribution in [0.1, 0.15) is 38.4 Å². The first-order valence-electron chi connectivity index (χ1n) is 6.95. The van der Waals surface area contributed by atoms with Crippen molar-refractivity contribution in [2.45, 2.75) is 45.0 Å². The smallest absolute Gasteiger partial charge is 0.372 e. The van der Waals surface area contributed by atoms with Gasteiger partial charge in [-0.3, -0.25) is 0 Å². The number of rotatable bonds is 8. The van der Waals surface area contributed by atoms with Crippen molar-refractivity contribution in [2.75, 3.05) is 13.2 Å². The van der Waals surface area contributed by atoms with Crippen LogP contribution in [0, 0.1) is 0 Å².